The van der Waals surface area contributed by atoms with Crippen molar-refractivity contribution in [2.75, 3.05) is 30.7 Å². The lowest BCUT2D eigenvalue weighted by Gasteiger charge is -2.27. The van der Waals surface area contributed by atoms with Crippen molar-refractivity contribution in [3.63, 3.8) is 0 Å². The van der Waals surface area contributed by atoms with E-state index in [0.717, 1.165) is 6.54 Å². The Kier molecular flexibility index (Phi) is 5.98. The number of rotatable bonds is 7. The molecule has 0 saturated heterocycles. The zero-order valence-corrected chi connectivity index (χ0v) is 14.3. The molecule has 0 fully saturated rings. The van der Waals surface area contributed by atoms with Crippen LogP contribution in [0.25, 0.3) is 0 Å². The van der Waals surface area contributed by atoms with Gasteiger partial charge in [-0.15, -0.1) is 0 Å². The molecule has 1 amide bonds. The van der Waals surface area contributed by atoms with Crippen molar-refractivity contribution in [2.45, 2.75) is 40.2 Å². The maximum atomic E-state index is 12.5. The predicted molar refractivity (Wildman–Crippen MR) is 87.7 cm³/mol. The van der Waals surface area contributed by atoms with Gasteiger partial charge in [-0.05, 0) is 26.7 Å². The van der Waals surface area contributed by atoms with E-state index in [9.17, 15) is 9.90 Å². The number of carbonyl (C=O) groups is 1. The van der Waals surface area contributed by atoms with Gasteiger partial charge in [0, 0.05) is 19.6 Å². The number of hydrogen-bond acceptors (Lipinski definition) is 6. The van der Waals surface area contributed by atoms with Crippen molar-refractivity contribution in [1.82, 2.24) is 9.88 Å². The van der Waals surface area contributed by atoms with Gasteiger partial charge in [0.1, 0.15) is 10.7 Å². The number of nitrogens with two attached hydrogens (primary N) is 1. The number of nitrogen functional groups attached to an aromatic ring is 1. The normalized spacial score (nSPS) is 11.8. The molecular formula is C14H26N4O2S. The molecule has 1 heterocycles. The highest BCUT2D eigenvalue weighted by molar-refractivity contribution is 7.18. The minimum absolute atomic E-state index is 0.188. The summed E-state index contributed by atoms with van der Waals surface area (Å²) in [6.45, 7) is 11.0. The van der Waals surface area contributed by atoms with Gasteiger partial charge in [-0.1, -0.05) is 25.2 Å². The van der Waals surface area contributed by atoms with E-state index in [2.05, 4.69) is 24.1 Å². The molecule has 0 aliphatic carbocycles. The maximum Gasteiger partial charge on any atom is 0.267 e. The predicted octanol–water partition coefficient (Wildman–Crippen LogP) is 2.03. The summed E-state index contributed by atoms with van der Waals surface area (Å²) in [5.41, 5.74) is 4.91. The van der Waals surface area contributed by atoms with Crippen LogP contribution in [0.4, 0.5) is 10.9 Å². The zero-order valence-electron chi connectivity index (χ0n) is 13.4. The molecule has 1 aromatic heterocycles. The number of thiazole rings is 1. The quantitative estimate of drug-likeness (QED) is 0.716. The highest BCUT2D eigenvalue weighted by Gasteiger charge is 2.25. The summed E-state index contributed by atoms with van der Waals surface area (Å²) >= 11 is 1.26. The van der Waals surface area contributed by atoms with Crippen LogP contribution in [-0.4, -0.2) is 46.1 Å². The SMILES string of the molecule is CCN(CC(C)(C)O)C(=O)c1sc(NCC(C)C)nc1N. The highest BCUT2D eigenvalue weighted by atomic mass is 32.1. The fourth-order valence-electron chi connectivity index (χ4n) is 1.79. The summed E-state index contributed by atoms with van der Waals surface area (Å²) in [5, 5.41) is 13.7. The van der Waals surface area contributed by atoms with Crippen molar-refractivity contribution in [1.29, 1.82) is 0 Å². The fourth-order valence-corrected chi connectivity index (χ4v) is 2.65. The number of aromatic nitrogens is 1. The minimum Gasteiger partial charge on any atom is -0.389 e. The third kappa shape index (κ3) is 5.51. The van der Waals surface area contributed by atoms with E-state index in [4.69, 9.17) is 5.73 Å². The summed E-state index contributed by atoms with van der Waals surface area (Å²) in [6.07, 6.45) is 0. The molecule has 21 heavy (non-hydrogen) atoms. The number of aliphatic hydroxyl groups is 1. The van der Waals surface area contributed by atoms with Crippen LogP contribution < -0.4 is 11.1 Å². The zero-order chi connectivity index (χ0) is 16.2. The Morgan fingerprint density at radius 2 is 2.14 bits per heavy atom. The van der Waals surface area contributed by atoms with E-state index in [0.29, 0.717) is 22.5 Å². The summed E-state index contributed by atoms with van der Waals surface area (Å²) in [5.74, 6) is 0.536. The van der Waals surface area contributed by atoms with Gasteiger partial charge in [-0.25, -0.2) is 4.98 Å². The number of hydrogen-bond donors (Lipinski definition) is 3. The average molecular weight is 314 g/mol. The number of nitrogens with one attached hydrogen (secondary N) is 1. The van der Waals surface area contributed by atoms with Gasteiger partial charge in [0.15, 0.2) is 5.13 Å². The second kappa shape index (κ2) is 7.09. The van der Waals surface area contributed by atoms with Gasteiger partial charge in [-0.2, -0.15) is 0 Å². The molecule has 0 unspecified atom stereocenters. The molecule has 0 radical (unpaired) electrons. The van der Waals surface area contributed by atoms with Crippen molar-refractivity contribution in [3.8, 4) is 0 Å². The molecule has 0 spiro atoms. The van der Waals surface area contributed by atoms with E-state index < -0.39 is 5.60 Å². The van der Waals surface area contributed by atoms with Crippen LogP contribution in [0.3, 0.4) is 0 Å². The lowest BCUT2D eigenvalue weighted by atomic mass is 10.1. The number of anilines is 2. The number of likely N-dealkylation sites (N-methyl/N-ethyl adjacent to an activating group) is 1. The van der Waals surface area contributed by atoms with Gasteiger partial charge < -0.3 is 21.1 Å². The first-order valence-electron chi connectivity index (χ1n) is 7.16. The topological polar surface area (TPSA) is 91.5 Å². The molecule has 0 aromatic carbocycles. The maximum absolute atomic E-state index is 12.5. The van der Waals surface area contributed by atoms with E-state index in [-0.39, 0.29) is 18.3 Å². The minimum atomic E-state index is -0.941. The van der Waals surface area contributed by atoms with Crippen molar-refractivity contribution in [3.05, 3.63) is 4.88 Å². The van der Waals surface area contributed by atoms with Gasteiger partial charge in [0.2, 0.25) is 0 Å². The Labute approximate surface area is 130 Å². The van der Waals surface area contributed by atoms with E-state index in [1.165, 1.54) is 11.3 Å². The van der Waals surface area contributed by atoms with Crippen molar-refractivity contribution < 1.29 is 9.90 Å². The van der Waals surface area contributed by atoms with E-state index in [1.807, 2.05) is 6.92 Å². The number of nitrogens with zero attached hydrogens (tertiary/aromatic N) is 2. The first-order chi connectivity index (χ1) is 9.64. The smallest absolute Gasteiger partial charge is 0.267 e. The summed E-state index contributed by atoms with van der Waals surface area (Å²) in [6, 6.07) is 0. The number of carbonyl (C=O) groups excluding carboxylic acids is 1. The third-order valence-electron chi connectivity index (χ3n) is 2.76. The Bertz CT molecular complexity index is 480. The molecule has 0 aliphatic rings. The van der Waals surface area contributed by atoms with E-state index in [1.54, 1.807) is 18.7 Å². The molecule has 1 rings (SSSR count). The largest absolute Gasteiger partial charge is 0.389 e. The number of amides is 1. The molecule has 0 atom stereocenters. The first-order valence-corrected chi connectivity index (χ1v) is 7.97. The van der Waals surface area contributed by atoms with Crippen LogP contribution in [0.5, 0.6) is 0 Å². The van der Waals surface area contributed by atoms with Crippen molar-refractivity contribution >= 4 is 28.2 Å². The van der Waals surface area contributed by atoms with Crippen molar-refractivity contribution in [2.24, 2.45) is 5.92 Å². The standard InChI is InChI=1S/C14H26N4O2S/c1-6-18(8-14(4,5)20)12(19)10-11(15)17-13(21-10)16-7-9(2)3/h9,20H,6-8,15H2,1-5H3,(H,16,17). The molecular weight excluding hydrogens is 288 g/mol. The summed E-state index contributed by atoms with van der Waals surface area (Å²) < 4.78 is 0. The summed E-state index contributed by atoms with van der Waals surface area (Å²) in [7, 11) is 0. The molecule has 0 bridgehead atoms. The summed E-state index contributed by atoms with van der Waals surface area (Å²) in [4.78, 5) is 18.7. The lowest BCUT2D eigenvalue weighted by molar-refractivity contribution is 0.0317. The van der Waals surface area contributed by atoms with Crippen LogP contribution in [0.15, 0.2) is 0 Å². The van der Waals surface area contributed by atoms with Crippen LogP contribution in [-0.2, 0) is 0 Å². The van der Waals surface area contributed by atoms with Gasteiger partial charge in [0.05, 0.1) is 5.60 Å². The van der Waals surface area contributed by atoms with Crippen LogP contribution in [0, 0.1) is 5.92 Å². The average Bonchev–Trinajstić information content (AvgIpc) is 2.73. The third-order valence-corrected chi connectivity index (χ3v) is 3.77. The molecule has 4 N–H and O–H groups in total. The highest BCUT2D eigenvalue weighted by Crippen LogP contribution is 2.27. The van der Waals surface area contributed by atoms with Crippen LogP contribution in [0.1, 0.15) is 44.3 Å². The molecule has 0 saturated carbocycles. The monoisotopic (exact) mass is 314 g/mol. The molecule has 0 aliphatic heterocycles. The van der Waals surface area contributed by atoms with Crippen LogP contribution in [0.2, 0.25) is 0 Å². The molecule has 7 heteroatoms. The second-order valence-electron chi connectivity index (χ2n) is 6.14. The Morgan fingerprint density at radius 1 is 1.52 bits per heavy atom. The molecule has 120 valence electrons. The first kappa shape index (κ1) is 17.7. The Balaban J connectivity index is 2.85. The molecule has 6 nitrogen and oxygen atoms in total. The van der Waals surface area contributed by atoms with Gasteiger partial charge in [0.25, 0.3) is 5.91 Å². The Morgan fingerprint density at radius 3 is 2.62 bits per heavy atom. The van der Waals surface area contributed by atoms with E-state index >= 15 is 0 Å². The molecule has 1 aromatic rings. The Hall–Kier alpha value is -1.34. The lowest BCUT2D eigenvalue weighted by Crippen LogP contribution is -2.42. The van der Waals surface area contributed by atoms with Gasteiger partial charge in [-0.3, -0.25) is 4.79 Å². The fraction of sp³-hybridized carbons (Fsp3) is 0.714. The van der Waals surface area contributed by atoms with Gasteiger partial charge >= 0.3 is 0 Å². The van der Waals surface area contributed by atoms with Crippen LogP contribution >= 0.6 is 11.3 Å². The second-order valence-corrected chi connectivity index (χ2v) is 7.14.